The Morgan fingerprint density at radius 1 is 1.17 bits per heavy atom. The van der Waals surface area contributed by atoms with Crippen molar-refractivity contribution in [2.45, 2.75) is 25.4 Å². The zero-order valence-electron chi connectivity index (χ0n) is 8.93. The number of hydrogen-bond acceptors (Lipinski definition) is 3. The molecule has 0 atom stereocenters. The number of nitrogens with two attached hydrogens (primary N) is 1. The first-order valence-electron chi connectivity index (χ1n) is 4.54. The van der Waals surface area contributed by atoms with Gasteiger partial charge in [-0.05, 0) is 18.6 Å². The van der Waals surface area contributed by atoms with E-state index in [4.69, 9.17) is 5.73 Å². The monoisotopic (exact) mass is 274 g/mol. The van der Waals surface area contributed by atoms with Crippen LogP contribution in [0.4, 0.5) is 32.0 Å². The van der Waals surface area contributed by atoms with Gasteiger partial charge in [0.1, 0.15) is 0 Å². The number of nitrogens with zero attached hydrogens (tertiary/aromatic N) is 1. The molecule has 0 bridgehead atoms. The quantitative estimate of drug-likeness (QED) is 0.843. The van der Waals surface area contributed by atoms with Crippen molar-refractivity contribution < 1.29 is 31.1 Å². The summed E-state index contributed by atoms with van der Waals surface area (Å²) in [5, 5.41) is 0. The second-order valence-corrected chi connectivity index (χ2v) is 3.43. The lowest BCUT2D eigenvalue weighted by Crippen LogP contribution is -2.46. The predicted octanol–water partition coefficient (Wildman–Crippen LogP) is 2.84. The van der Waals surface area contributed by atoms with Crippen molar-refractivity contribution in [3.63, 3.8) is 0 Å². The molecule has 0 aliphatic heterocycles. The molecule has 9 heteroatoms. The summed E-state index contributed by atoms with van der Waals surface area (Å²) in [6.45, 7) is 1.40. The summed E-state index contributed by atoms with van der Waals surface area (Å²) < 4.78 is 77.2. The molecule has 0 aliphatic rings. The summed E-state index contributed by atoms with van der Waals surface area (Å²) in [5.41, 5.74) is 5.20. The van der Waals surface area contributed by atoms with Crippen molar-refractivity contribution in [1.82, 2.24) is 4.98 Å². The Labute approximate surface area is 97.6 Å². The third-order valence-corrected chi connectivity index (χ3v) is 2.00. The number of nitrogen functional groups attached to an aromatic ring is 1. The molecule has 0 saturated carbocycles. The lowest BCUT2D eigenvalue weighted by molar-refractivity contribution is -0.300. The smallest absolute Gasteiger partial charge is 0.434 e. The molecule has 1 aromatic rings. The topological polar surface area (TPSA) is 48.1 Å². The van der Waals surface area contributed by atoms with Gasteiger partial charge in [-0.15, -0.1) is 0 Å². The highest BCUT2D eigenvalue weighted by Gasteiger charge is 2.59. The van der Waals surface area contributed by atoms with E-state index in [9.17, 15) is 26.3 Å². The maximum Gasteiger partial charge on any atom is 0.434 e. The van der Waals surface area contributed by atoms with E-state index >= 15 is 0 Å². The van der Waals surface area contributed by atoms with Crippen LogP contribution in [0.2, 0.25) is 0 Å². The highest BCUT2D eigenvalue weighted by atomic mass is 19.4. The van der Waals surface area contributed by atoms with E-state index in [0.717, 1.165) is 6.20 Å². The molecular weight excluding hydrogens is 266 g/mol. The molecule has 0 unspecified atom stereocenters. The number of aryl methyl sites for hydroxylation is 1. The van der Waals surface area contributed by atoms with Crippen LogP contribution in [0.1, 0.15) is 5.56 Å². The highest BCUT2D eigenvalue weighted by molar-refractivity contribution is 5.53. The standard InChI is InChI=1S/C9H8F6N2O/c1-4-2-3-17-6(5(4)16)18-7(8(10,11)12)9(13,14)15/h2-3,7H,16H2,1H3. The van der Waals surface area contributed by atoms with Crippen LogP contribution in [0.25, 0.3) is 0 Å². The minimum Gasteiger partial charge on any atom is -0.453 e. The molecule has 0 spiro atoms. The van der Waals surface area contributed by atoms with Crippen molar-refractivity contribution in [2.75, 3.05) is 5.73 Å². The number of ether oxygens (including phenoxy) is 1. The number of pyridine rings is 1. The van der Waals surface area contributed by atoms with Crippen LogP contribution in [0.5, 0.6) is 5.88 Å². The number of anilines is 1. The van der Waals surface area contributed by atoms with Gasteiger partial charge in [0.15, 0.2) is 0 Å². The maximum absolute atomic E-state index is 12.2. The first-order chi connectivity index (χ1) is 8.03. The molecule has 1 heterocycles. The molecule has 0 aromatic carbocycles. The SMILES string of the molecule is Cc1ccnc(OC(C(F)(F)F)C(F)(F)F)c1N. The van der Waals surface area contributed by atoms with E-state index in [1.807, 2.05) is 0 Å². The Kier molecular flexibility index (Phi) is 3.63. The summed E-state index contributed by atoms with van der Waals surface area (Å²) >= 11 is 0. The van der Waals surface area contributed by atoms with Gasteiger partial charge in [-0.25, -0.2) is 4.98 Å². The minimum absolute atomic E-state index is 0.267. The molecule has 1 aromatic heterocycles. The first-order valence-corrected chi connectivity index (χ1v) is 4.54. The molecule has 18 heavy (non-hydrogen) atoms. The Bertz CT molecular complexity index is 414. The highest BCUT2D eigenvalue weighted by Crippen LogP contribution is 2.37. The fourth-order valence-electron chi connectivity index (χ4n) is 1.07. The molecule has 102 valence electrons. The average Bonchev–Trinajstić information content (AvgIpc) is 2.16. The van der Waals surface area contributed by atoms with Gasteiger partial charge < -0.3 is 10.5 Å². The van der Waals surface area contributed by atoms with Crippen LogP contribution in [0.15, 0.2) is 12.3 Å². The van der Waals surface area contributed by atoms with E-state index in [-0.39, 0.29) is 11.3 Å². The molecule has 1 rings (SSSR count). The van der Waals surface area contributed by atoms with Gasteiger partial charge in [-0.3, -0.25) is 0 Å². The number of halogens is 6. The normalized spacial score (nSPS) is 12.9. The third kappa shape index (κ3) is 3.17. The summed E-state index contributed by atoms with van der Waals surface area (Å²) in [4.78, 5) is 3.26. The van der Waals surface area contributed by atoms with Gasteiger partial charge in [0, 0.05) is 6.20 Å². The molecule has 0 radical (unpaired) electrons. The lowest BCUT2D eigenvalue weighted by atomic mass is 10.2. The maximum atomic E-state index is 12.2. The molecule has 2 N–H and O–H groups in total. The summed E-state index contributed by atoms with van der Waals surface area (Å²) in [7, 11) is 0. The molecule has 0 amide bonds. The Morgan fingerprint density at radius 3 is 2.11 bits per heavy atom. The van der Waals surface area contributed by atoms with Crippen LogP contribution < -0.4 is 10.5 Å². The van der Waals surface area contributed by atoms with Gasteiger partial charge >= 0.3 is 12.4 Å². The second kappa shape index (κ2) is 4.54. The fraction of sp³-hybridized carbons (Fsp3) is 0.444. The van der Waals surface area contributed by atoms with Crippen LogP contribution in [-0.2, 0) is 0 Å². The van der Waals surface area contributed by atoms with Crippen LogP contribution >= 0.6 is 0 Å². The number of rotatable bonds is 2. The second-order valence-electron chi connectivity index (χ2n) is 3.43. The fourth-order valence-corrected chi connectivity index (χ4v) is 1.07. The van der Waals surface area contributed by atoms with E-state index in [0.29, 0.717) is 0 Å². The zero-order chi connectivity index (χ0) is 14.1. The predicted molar refractivity (Wildman–Crippen MR) is 49.9 cm³/mol. The van der Waals surface area contributed by atoms with Crippen molar-refractivity contribution in [2.24, 2.45) is 0 Å². The first kappa shape index (κ1) is 14.4. The average molecular weight is 274 g/mol. The Balaban J connectivity index is 3.09. The van der Waals surface area contributed by atoms with Gasteiger partial charge in [-0.2, -0.15) is 26.3 Å². The number of aromatic nitrogens is 1. The van der Waals surface area contributed by atoms with E-state index in [2.05, 4.69) is 9.72 Å². The lowest BCUT2D eigenvalue weighted by Gasteiger charge is -2.23. The van der Waals surface area contributed by atoms with Gasteiger partial charge in [0.05, 0.1) is 5.69 Å². The van der Waals surface area contributed by atoms with E-state index < -0.39 is 24.3 Å². The Hall–Kier alpha value is -1.67. The zero-order valence-corrected chi connectivity index (χ0v) is 8.93. The molecule has 0 saturated heterocycles. The summed E-state index contributed by atoms with van der Waals surface area (Å²) in [6, 6.07) is 1.33. The van der Waals surface area contributed by atoms with Crippen molar-refractivity contribution in [3.05, 3.63) is 17.8 Å². The molecule has 0 aliphatic carbocycles. The van der Waals surface area contributed by atoms with E-state index in [1.165, 1.54) is 13.0 Å². The van der Waals surface area contributed by atoms with Crippen molar-refractivity contribution >= 4 is 5.69 Å². The minimum atomic E-state index is -5.60. The van der Waals surface area contributed by atoms with Crippen LogP contribution in [0.3, 0.4) is 0 Å². The third-order valence-electron chi connectivity index (χ3n) is 2.00. The molecule has 3 nitrogen and oxygen atoms in total. The van der Waals surface area contributed by atoms with Gasteiger partial charge in [0.2, 0.25) is 5.88 Å². The van der Waals surface area contributed by atoms with Crippen LogP contribution in [-0.4, -0.2) is 23.4 Å². The number of hydrogen-bond donors (Lipinski definition) is 1. The van der Waals surface area contributed by atoms with Crippen molar-refractivity contribution in [3.8, 4) is 5.88 Å². The van der Waals surface area contributed by atoms with E-state index in [1.54, 1.807) is 0 Å². The largest absolute Gasteiger partial charge is 0.453 e. The van der Waals surface area contributed by atoms with Crippen LogP contribution in [0, 0.1) is 6.92 Å². The van der Waals surface area contributed by atoms with Crippen molar-refractivity contribution in [1.29, 1.82) is 0 Å². The molecule has 0 fully saturated rings. The molecular formula is C9H8F6N2O. The number of alkyl halides is 6. The summed E-state index contributed by atoms with van der Waals surface area (Å²) in [6.07, 6.45) is -14.2. The Morgan fingerprint density at radius 2 is 1.67 bits per heavy atom. The van der Waals surface area contributed by atoms with Gasteiger partial charge in [-0.1, -0.05) is 0 Å². The summed E-state index contributed by atoms with van der Waals surface area (Å²) in [5.74, 6) is -0.894. The van der Waals surface area contributed by atoms with Gasteiger partial charge in [0.25, 0.3) is 6.10 Å².